The molecule has 133 valence electrons. The lowest BCUT2D eigenvalue weighted by molar-refractivity contribution is 0.368. The normalized spacial score (nSPS) is 11.5. The van der Waals surface area contributed by atoms with E-state index in [0.29, 0.717) is 0 Å². The van der Waals surface area contributed by atoms with E-state index in [9.17, 15) is 0 Å². The molecule has 1 radical (unpaired) electrons. The Morgan fingerprint density at radius 2 is 0.864 bits per heavy atom. The summed E-state index contributed by atoms with van der Waals surface area (Å²) in [6.07, 6.45) is 25.7. The van der Waals surface area contributed by atoms with E-state index < -0.39 is 0 Å². The molecular formula is C22H45. The van der Waals surface area contributed by atoms with Crippen molar-refractivity contribution in [3.05, 3.63) is 6.92 Å². The van der Waals surface area contributed by atoms with Gasteiger partial charge in [-0.05, 0) is 5.92 Å². The highest BCUT2D eigenvalue weighted by atomic mass is 14.1. The van der Waals surface area contributed by atoms with Gasteiger partial charge < -0.3 is 0 Å². The van der Waals surface area contributed by atoms with Crippen LogP contribution in [0, 0.1) is 12.8 Å². The van der Waals surface area contributed by atoms with Crippen molar-refractivity contribution < 1.29 is 0 Å². The summed E-state index contributed by atoms with van der Waals surface area (Å²) < 4.78 is 0. The lowest BCUT2D eigenvalue weighted by atomic mass is 9.89. The Labute approximate surface area is 142 Å². The standard InChI is InChI=1S/C22H45/c1-4-7-10-13-14-15-18-21-22(19-16-11-8-5-2)20-17-12-9-6-3/h22H,2,4-21H2,1,3H3. The molecule has 0 heterocycles. The fourth-order valence-electron chi connectivity index (χ4n) is 3.47. The average molecular weight is 310 g/mol. The zero-order valence-electron chi connectivity index (χ0n) is 16.0. The molecule has 0 rings (SSSR count). The zero-order chi connectivity index (χ0) is 16.3. The van der Waals surface area contributed by atoms with E-state index in [1.54, 1.807) is 0 Å². The molecule has 0 aromatic heterocycles. The van der Waals surface area contributed by atoms with E-state index in [1.165, 1.54) is 109 Å². The molecule has 0 aliphatic rings. The van der Waals surface area contributed by atoms with Crippen LogP contribution in [-0.2, 0) is 0 Å². The highest BCUT2D eigenvalue weighted by Gasteiger charge is 2.08. The molecule has 0 nitrogen and oxygen atoms in total. The van der Waals surface area contributed by atoms with Gasteiger partial charge in [0.05, 0.1) is 0 Å². The van der Waals surface area contributed by atoms with Crippen LogP contribution in [0.3, 0.4) is 0 Å². The molecule has 0 fully saturated rings. The highest BCUT2D eigenvalue weighted by Crippen LogP contribution is 2.24. The van der Waals surface area contributed by atoms with Gasteiger partial charge in [0, 0.05) is 0 Å². The van der Waals surface area contributed by atoms with E-state index in [-0.39, 0.29) is 0 Å². The Morgan fingerprint density at radius 3 is 1.32 bits per heavy atom. The van der Waals surface area contributed by atoms with Gasteiger partial charge in [0.1, 0.15) is 0 Å². The molecule has 0 spiro atoms. The third-order valence-corrected chi connectivity index (χ3v) is 5.04. The molecule has 0 aliphatic carbocycles. The topological polar surface area (TPSA) is 0 Å². The van der Waals surface area contributed by atoms with Crippen molar-refractivity contribution in [3.8, 4) is 0 Å². The summed E-state index contributed by atoms with van der Waals surface area (Å²) in [7, 11) is 0. The molecule has 0 heteroatoms. The highest BCUT2D eigenvalue weighted by molar-refractivity contribution is 4.62. The largest absolute Gasteiger partial charge is 0.0654 e. The van der Waals surface area contributed by atoms with Crippen molar-refractivity contribution >= 4 is 0 Å². The van der Waals surface area contributed by atoms with E-state index in [2.05, 4.69) is 20.8 Å². The first-order valence-electron chi connectivity index (χ1n) is 10.6. The fourth-order valence-corrected chi connectivity index (χ4v) is 3.47. The van der Waals surface area contributed by atoms with Crippen molar-refractivity contribution in [2.45, 2.75) is 129 Å². The molecule has 1 unspecified atom stereocenters. The van der Waals surface area contributed by atoms with E-state index in [1.807, 2.05) is 0 Å². The third-order valence-electron chi connectivity index (χ3n) is 5.04. The van der Waals surface area contributed by atoms with Crippen LogP contribution >= 0.6 is 0 Å². The number of unbranched alkanes of at least 4 members (excludes halogenated alkanes) is 12. The van der Waals surface area contributed by atoms with Gasteiger partial charge >= 0.3 is 0 Å². The monoisotopic (exact) mass is 309 g/mol. The van der Waals surface area contributed by atoms with Gasteiger partial charge in [0.25, 0.3) is 0 Å². The van der Waals surface area contributed by atoms with Crippen LogP contribution in [0.15, 0.2) is 0 Å². The third kappa shape index (κ3) is 16.4. The molecule has 0 aromatic carbocycles. The number of hydrogen-bond acceptors (Lipinski definition) is 0. The van der Waals surface area contributed by atoms with Gasteiger partial charge in [0.15, 0.2) is 0 Å². The first kappa shape index (κ1) is 22.0. The summed E-state index contributed by atoms with van der Waals surface area (Å²) in [5, 5.41) is 0. The zero-order valence-corrected chi connectivity index (χ0v) is 16.0. The second-order valence-electron chi connectivity index (χ2n) is 7.33. The summed E-state index contributed by atoms with van der Waals surface area (Å²) in [6.45, 7) is 8.58. The Hall–Kier alpha value is 0. The van der Waals surface area contributed by atoms with Crippen molar-refractivity contribution in [2.24, 2.45) is 5.92 Å². The minimum atomic E-state index is 1.03. The molecule has 0 amide bonds. The predicted molar refractivity (Wildman–Crippen MR) is 103 cm³/mol. The Balaban J connectivity index is 3.66. The minimum absolute atomic E-state index is 1.03. The molecule has 0 N–H and O–H groups in total. The van der Waals surface area contributed by atoms with E-state index in [0.717, 1.165) is 12.3 Å². The maximum absolute atomic E-state index is 3.96. The van der Waals surface area contributed by atoms with Crippen LogP contribution in [0.1, 0.15) is 129 Å². The van der Waals surface area contributed by atoms with Crippen LogP contribution in [0.4, 0.5) is 0 Å². The van der Waals surface area contributed by atoms with E-state index in [4.69, 9.17) is 0 Å². The van der Waals surface area contributed by atoms with Crippen molar-refractivity contribution in [3.63, 3.8) is 0 Å². The lowest BCUT2D eigenvalue weighted by Gasteiger charge is -2.17. The van der Waals surface area contributed by atoms with Crippen LogP contribution in [0.2, 0.25) is 0 Å². The summed E-state index contributed by atoms with van der Waals surface area (Å²) >= 11 is 0. The molecule has 0 aliphatic heterocycles. The average Bonchev–Trinajstić information content (AvgIpc) is 2.53. The second-order valence-corrected chi connectivity index (χ2v) is 7.33. The molecule has 0 saturated carbocycles. The molecule has 0 bridgehead atoms. The summed E-state index contributed by atoms with van der Waals surface area (Å²) in [6, 6.07) is 0. The van der Waals surface area contributed by atoms with Gasteiger partial charge in [-0.2, -0.15) is 0 Å². The van der Waals surface area contributed by atoms with Gasteiger partial charge in [-0.3, -0.25) is 0 Å². The van der Waals surface area contributed by atoms with Crippen LogP contribution in [0.5, 0.6) is 0 Å². The van der Waals surface area contributed by atoms with E-state index >= 15 is 0 Å². The molecule has 0 saturated heterocycles. The summed E-state index contributed by atoms with van der Waals surface area (Å²) in [5.74, 6) is 1.03. The van der Waals surface area contributed by atoms with Crippen molar-refractivity contribution in [1.82, 2.24) is 0 Å². The fraction of sp³-hybridized carbons (Fsp3) is 0.955. The number of rotatable bonds is 18. The number of hydrogen-bond donors (Lipinski definition) is 0. The molecular weight excluding hydrogens is 264 g/mol. The smallest absolute Gasteiger partial charge is 0.0414 e. The first-order chi connectivity index (χ1) is 10.8. The van der Waals surface area contributed by atoms with Gasteiger partial charge in [-0.15, -0.1) is 0 Å². The lowest BCUT2D eigenvalue weighted by Crippen LogP contribution is -2.01. The maximum Gasteiger partial charge on any atom is -0.0414 e. The Morgan fingerprint density at radius 1 is 0.500 bits per heavy atom. The van der Waals surface area contributed by atoms with Crippen molar-refractivity contribution in [2.75, 3.05) is 0 Å². The Bertz CT molecular complexity index is 172. The van der Waals surface area contributed by atoms with Gasteiger partial charge in [-0.25, -0.2) is 0 Å². The second kappa shape index (κ2) is 19.0. The Kier molecular flexibility index (Phi) is 19.0. The maximum atomic E-state index is 3.96. The summed E-state index contributed by atoms with van der Waals surface area (Å²) in [4.78, 5) is 0. The van der Waals surface area contributed by atoms with Crippen molar-refractivity contribution in [1.29, 1.82) is 0 Å². The SMILES string of the molecule is [CH2]CCCCCC(CCCCCC)CCCCCCCCC. The predicted octanol–water partition coefficient (Wildman–Crippen LogP) is 8.50. The molecule has 0 aromatic rings. The molecule has 22 heavy (non-hydrogen) atoms. The van der Waals surface area contributed by atoms with Gasteiger partial charge in [-0.1, -0.05) is 136 Å². The summed E-state index contributed by atoms with van der Waals surface area (Å²) in [5.41, 5.74) is 0. The molecule has 1 atom stereocenters. The minimum Gasteiger partial charge on any atom is -0.0654 e. The van der Waals surface area contributed by atoms with Gasteiger partial charge in [0.2, 0.25) is 0 Å². The van der Waals surface area contributed by atoms with Crippen LogP contribution < -0.4 is 0 Å². The quantitative estimate of drug-likeness (QED) is 0.223. The van der Waals surface area contributed by atoms with Crippen LogP contribution in [-0.4, -0.2) is 0 Å². The van der Waals surface area contributed by atoms with Crippen LogP contribution in [0.25, 0.3) is 0 Å². The first-order valence-corrected chi connectivity index (χ1v) is 10.6.